The molecule has 1 saturated carbocycles. The van der Waals surface area contributed by atoms with Gasteiger partial charge in [-0.3, -0.25) is 0 Å². The first kappa shape index (κ1) is 13.5. The van der Waals surface area contributed by atoms with Crippen LogP contribution in [0.25, 0.3) is 0 Å². The third-order valence-electron chi connectivity index (χ3n) is 5.24. The van der Waals surface area contributed by atoms with E-state index in [0.29, 0.717) is 0 Å². The molecule has 2 aromatic heterocycles. The summed E-state index contributed by atoms with van der Waals surface area (Å²) in [4.78, 5) is 1.50. The Bertz CT molecular complexity index is 594. The summed E-state index contributed by atoms with van der Waals surface area (Å²) >= 11 is 1.90. The van der Waals surface area contributed by atoms with Crippen molar-refractivity contribution in [1.82, 2.24) is 14.8 Å². The maximum atomic E-state index is 4.71. The predicted octanol–water partition coefficient (Wildman–Crippen LogP) is 4.32. The van der Waals surface area contributed by atoms with Crippen LogP contribution in [0, 0.1) is 0 Å². The Labute approximate surface area is 130 Å². The summed E-state index contributed by atoms with van der Waals surface area (Å²) < 4.78 is 2.48. The van der Waals surface area contributed by atoms with Crippen LogP contribution in [-0.2, 0) is 18.4 Å². The van der Waals surface area contributed by atoms with E-state index in [1.54, 1.807) is 0 Å². The Hall–Kier alpha value is -1.16. The summed E-state index contributed by atoms with van der Waals surface area (Å²) in [7, 11) is 0. The van der Waals surface area contributed by atoms with Gasteiger partial charge in [-0.05, 0) is 37.1 Å². The number of hydrogen-bond donors (Lipinski definition) is 0. The molecular formula is C17H23N3S. The number of aromatic nitrogens is 3. The van der Waals surface area contributed by atoms with Gasteiger partial charge < -0.3 is 4.57 Å². The molecule has 1 fully saturated rings. The molecule has 0 N–H and O–H groups in total. The van der Waals surface area contributed by atoms with Crippen molar-refractivity contribution in [3.8, 4) is 0 Å². The highest BCUT2D eigenvalue weighted by atomic mass is 32.1. The first-order chi connectivity index (χ1) is 10.4. The molecule has 112 valence electrons. The molecule has 0 radical (unpaired) electrons. The van der Waals surface area contributed by atoms with E-state index in [1.165, 1.54) is 67.9 Å². The van der Waals surface area contributed by atoms with E-state index in [9.17, 15) is 0 Å². The third-order valence-corrected chi connectivity index (χ3v) is 6.31. The summed E-state index contributed by atoms with van der Waals surface area (Å²) in [5.41, 5.74) is 0.151. The van der Waals surface area contributed by atoms with Crippen molar-refractivity contribution in [2.45, 2.75) is 69.7 Å². The molecule has 4 rings (SSSR count). The summed E-state index contributed by atoms with van der Waals surface area (Å²) in [6.45, 7) is 1.12. The zero-order chi connectivity index (χ0) is 14.1. The van der Waals surface area contributed by atoms with Gasteiger partial charge in [0.25, 0.3) is 0 Å². The van der Waals surface area contributed by atoms with Crippen LogP contribution in [0.3, 0.4) is 0 Å². The van der Waals surface area contributed by atoms with Crippen LogP contribution < -0.4 is 0 Å². The van der Waals surface area contributed by atoms with E-state index in [-0.39, 0.29) is 5.41 Å². The molecule has 0 bridgehead atoms. The zero-order valence-corrected chi connectivity index (χ0v) is 13.4. The van der Waals surface area contributed by atoms with Crippen molar-refractivity contribution < 1.29 is 0 Å². The Kier molecular flexibility index (Phi) is 3.57. The van der Waals surface area contributed by atoms with Gasteiger partial charge >= 0.3 is 0 Å². The highest BCUT2D eigenvalue weighted by Gasteiger charge is 2.42. The zero-order valence-electron chi connectivity index (χ0n) is 12.6. The van der Waals surface area contributed by atoms with Gasteiger partial charge in [-0.1, -0.05) is 31.7 Å². The number of aryl methyl sites for hydroxylation is 1. The van der Waals surface area contributed by atoms with Crippen molar-refractivity contribution in [3.05, 3.63) is 34.0 Å². The fourth-order valence-corrected chi connectivity index (χ4v) is 5.11. The van der Waals surface area contributed by atoms with Crippen molar-refractivity contribution in [1.29, 1.82) is 0 Å². The second-order valence-electron chi connectivity index (χ2n) is 6.52. The molecule has 4 heteroatoms. The third kappa shape index (κ3) is 2.24. The molecule has 2 aromatic rings. The van der Waals surface area contributed by atoms with E-state index in [1.807, 2.05) is 11.3 Å². The lowest BCUT2D eigenvalue weighted by Crippen LogP contribution is -2.28. The minimum absolute atomic E-state index is 0.151. The van der Waals surface area contributed by atoms with Gasteiger partial charge in [0.15, 0.2) is 0 Å². The lowest BCUT2D eigenvalue weighted by Gasteiger charge is -2.28. The average molecular weight is 301 g/mol. The minimum atomic E-state index is 0.151. The Morgan fingerprint density at radius 1 is 1.00 bits per heavy atom. The quantitative estimate of drug-likeness (QED) is 0.827. The summed E-state index contributed by atoms with van der Waals surface area (Å²) in [5, 5.41) is 11.5. The molecule has 2 aliphatic rings. The van der Waals surface area contributed by atoms with E-state index < -0.39 is 0 Å². The Balaban J connectivity index is 1.80. The number of rotatable bonds is 2. The molecule has 3 heterocycles. The SMILES string of the molecule is c1csc(C2(c3nnc4n3CCCCCC4)CCCC2)c1. The van der Waals surface area contributed by atoms with Crippen LogP contribution in [0.2, 0.25) is 0 Å². The highest BCUT2D eigenvalue weighted by Crippen LogP contribution is 2.47. The Morgan fingerprint density at radius 2 is 1.86 bits per heavy atom. The smallest absolute Gasteiger partial charge is 0.144 e. The monoisotopic (exact) mass is 301 g/mol. The average Bonchev–Trinajstić information content (AvgIpc) is 3.18. The number of thiophene rings is 1. The lowest BCUT2D eigenvalue weighted by molar-refractivity contribution is 0.442. The van der Waals surface area contributed by atoms with Gasteiger partial charge in [-0.25, -0.2) is 0 Å². The van der Waals surface area contributed by atoms with Gasteiger partial charge in [0.05, 0.1) is 5.41 Å². The largest absolute Gasteiger partial charge is 0.314 e. The van der Waals surface area contributed by atoms with E-state index in [0.717, 1.165) is 13.0 Å². The molecule has 3 nitrogen and oxygen atoms in total. The molecule has 0 saturated heterocycles. The fourth-order valence-electron chi connectivity index (χ4n) is 4.13. The van der Waals surface area contributed by atoms with Crippen molar-refractivity contribution in [3.63, 3.8) is 0 Å². The molecule has 0 aromatic carbocycles. The highest BCUT2D eigenvalue weighted by molar-refractivity contribution is 7.10. The lowest BCUT2D eigenvalue weighted by atomic mass is 9.83. The first-order valence-electron chi connectivity index (χ1n) is 8.37. The van der Waals surface area contributed by atoms with E-state index >= 15 is 0 Å². The van der Waals surface area contributed by atoms with Crippen LogP contribution in [-0.4, -0.2) is 14.8 Å². The van der Waals surface area contributed by atoms with Crippen LogP contribution in [0.5, 0.6) is 0 Å². The standard InChI is InChI=1S/C17H23N3S/c1-2-6-12-20-15(9-3-1)18-19-16(20)17(10-4-5-11-17)14-8-7-13-21-14/h7-8,13H,1-6,9-12H2. The minimum Gasteiger partial charge on any atom is -0.314 e. The predicted molar refractivity (Wildman–Crippen MR) is 85.8 cm³/mol. The van der Waals surface area contributed by atoms with Gasteiger partial charge in [-0.2, -0.15) is 0 Å². The van der Waals surface area contributed by atoms with Gasteiger partial charge in [0.1, 0.15) is 11.6 Å². The van der Waals surface area contributed by atoms with E-state index in [2.05, 4.69) is 27.2 Å². The van der Waals surface area contributed by atoms with Crippen LogP contribution in [0.4, 0.5) is 0 Å². The maximum absolute atomic E-state index is 4.71. The molecule has 0 spiro atoms. The number of hydrogen-bond acceptors (Lipinski definition) is 3. The van der Waals surface area contributed by atoms with Crippen LogP contribution in [0.1, 0.15) is 67.9 Å². The van der Waals surface area contributed by atoms with Crippen molar-refractivity contribution >= 4 is 11.3 Å². The summed E-state index contributed by atoms with van der Waals surface area (Å²) in [6, 6.07) is 4.49. The van der Waals surface area contributed by atoms with Gasteiger partial charge in [0.2, 0.25) is 0 Å². The number of nitrogens with zero attached hydrogens (tertiary/aromatic N) is 3. The van der Waals surface area contributed by atoms with Crippen LogP contribution >= 0.6 is 11.3 Å². The van der Waals surface area contributed by atoms with Crippen molar-refractivity contribution in [2.24, 2.45) is 0 Å². The van der Waals surface area contributed by atoms with Gasteiger partial charge in [0, 0.05) is 17.8 Å². The molecule has 21 heavy (non-hydrogen) atoms. The summed E-state index contributed by atoms with van der Waals surface area (Å²) in [5.74, 6) is 2.49. The first-order valence-corrected chi connectivity index (χ1v) is 9.25. The maximum Gasteiger partial charge on any atom is 0.144 e. The van der Waals surface area contributed by atoms with Crippen molar-refractivity contribution in [2.75, 3.05) is 0 Å². The summed E-state index contributed by atoms with van der Waals surface area (Å²) in [6.07, 6.45) is 11.5. The molecule has 0 atom stereocenters. The second-order valence-corrected chi connectivity index (χ2v) is 7.47. The van der Waals surface area contributed by atoms with E-state index in [4.69, 9.17) is 5.10 Å². The molecular weight excluding hydrogens is 278 g/mol. The molecule has 0 unspecified atom stereocenters. The Morgan fingerprint density at radius 3 is 2.67 bits per heavy atom. The van der Waals surface area contributed by atoms with Crippen LogP contribution in [0.15, 0.2) is 17.5 Å². The molecule has 1 aliphatic heterocycles. The van der Waals surface area contributed by atoms with Gasteiger partial charge in [-0.15, -0.1) is 21.5 Å². The second kappa shape index (κ2) is 5.56. The number of fused-ring (bicyclic) bond motifs is 1. The normalized spacial score (nSPS) is 21.7. The molecule has 1 aliphatic carbocycles. The fraction of sp³-hybridized carbons (Fsp3) is 0.647. The molecule has 0 amide bonds. The topological polar surface area (TPSA) is 30.7 Å².